The summed E-state index contributed by atoms with van der Waals surface area (Å²) >= 11 is 0. The van der Waals surface area contributed by atoms with Crippen LogP contribution in [0.4, 0.5) is 13.6 Å². The standard InChI is InChI=1S/C18H23F2N3O5/c1-18(12-2-4-14(5-3-12)28-16(19)20)15(25)23(17(26)21-18)11-13(24)10-22-6-8-27-9-7-22/h2-5,13,16,24H,6-11H2,1H3,(H,21,26)/t13-,18-/m1/s1. The zero-order valence-corrected chi connectivity index (χ0v) is 15.4. The number of amides is 3. The van der Waals surface area contributed by atoms with Gasteiger partial charge in [0.2, 0.25) is 0 Å². The Labute approximate surface area is 161 Å². The van der Waals surface area contributed by atoms with Crippen LogP contribution in [0.2, 0.25) is 0 Å². The minimum atomic E-state index is -2.95. The minimum Gasteiger partial charge on any atom is -0.435 e. The van der Waals surface area contributed by atoms with Gasteiger partial charge in [0.1, 0.15) is 11.3 Å². The number of imide groups is 1. The van der Waals surface area contributed by atoms with Crippen LogP contribution in [0.15, 0.2) is 24.3 Å². The van der Waals surface area contributed by atoms with E-state index >= 15 is 0 Å². The fraction of sp³-hybridized carbons (Fsp3) is 0.556. The number of benzene rings is 1. The van der Waals surface area contributed by atoms with Gasteiger partial charge in [-0.1, -0.05) is 12.1 Å². The molecule has 2 saturated heterocycles. The summed E-state index contributed by atoms with van der Waals surface area (Å²) in [6, 6.07) is 4.90. The van der Waals surface area contributed by atoms with Crippen LogP contribution in [0.25, 0.3) is 0 Å². The van der Waals surface area contributed by atoms with E-state index in [1.807, 2.05) is 4.90 Å². The van der Waals surface area contributed by atoms with Gasteiger partial charge in [-0.3, -0.25) is 14.6 Å². The molecule has 3 rings (SSSR count). The number of rotatable bonds is 7. The van der Waals surface area contributed by atoms with Gasteiger partial charge in [0.25, 0.3) is 5.91 Å². The zero-order valence-electron chi connectivity index (χ0n) is 15.4. The van der Waals surface area contributed by atoms with Crippen molar-refractivity contribution < 1.29 is 33.0 Å². The number of urea groups is 1. The van der Waals surface area contributed by atoms with Gasteiger partial charge in [-0.05, 0) is 24.6 Å². The molecule has 2 aliphatic rings. The molecule has 2 aliphatic heterocycles. The molecule has 0 aliphatic carbocycles. The molecular formula is C18H23F2N3O5. The zero-order chi connectivity index (χ0) is 20.3. The van der Waals surface area contributed by atoms with E-state index in [1.165, 1.54) is 31.2 Å². The van der Waals surface area contributed by atoms with Crippen molar-refractivity contribution in [2.45, 2.75) is 25.2 Å². The van der Waals surface area contributed by atoms with Crippen LogP contribution in [0.1, 0.15) is 12.5 Å². The second-order valence-corrected chi connectivity index (χ2v) is 6.94. The van der Waals surface area contributed by atoms with Crippen LogP contribution < -0.4 is 10.1 Å². The molecule has 1 aromatic carbocycles. The number of hydrogen-bond donors (Lipinski definition) is 2. The number of alkyl halides is 2. The van der Waals surface area contributed by atoms with E-state index in [0.717, 1.165) is 4.90 Å². The number of nitrogens with zero attached hydrogens (tertiary/aromatic N) is 2. The van der Waals surface area contributed by atoms with Crippen molar-refractivity contribution in [2.75, 3.05) is 39.4 Å². The van der Waals surface area contributed by atoms with Crippen molar-refractivity contribution in [1.82, 2.24) is 15.1 Å². The maximum atomic E-state index is 12.9. The Bertz CT molecular complexity index is 712. The third kappa shape index (κ3) is 4.40. The molecule has 0 bridgehead atoms. The lowest BCUT2D eigenvalue weighted by molar-refractivity contribution is -0.132. The van der Waals surface area contributed by atoms with Crippen molar-refractivity contribution in [3.05, 3.63) is 29.8 Å². The summed E-state index contributed by atoms with van der Waals surface area (Å²) in [4.78, 5) is 28.2. The summed E-state index contributed by atoms with van der Waals surface area (Å²) in [5.41, 5.74) is -0.920. The van der Waals surface area contributed by atoms with Crippen LogP contribution in [0, 0.1) is 0 Å². The van der Waals surface area contributed by atoms with Crippen LogP contribution in [-0.4, -0.2) is 79.0 Å². The molecule has 154 valence electrons. The van der Waals surface area contributed by atoms with Gasteiger partial charge >= 0.3 is 12.6 Å². The number of nitrogens with one attached hydrogen (secondary N) is 1. The summed E-state index contributed by atoms with van der Waals surface area (Å²) in [7, 11) is 0. The molecule has 10 heteroatoms. The molecule has 1 aromatic rings. The first-order valence-corrected chi connectivity index (χ1v) is 8.97. The van der Waals surface area contributed by atoms with E-state index in [0.29, 0.717) is 38.4 Å². The summed E-state index contributed by atoms with van der Waals surface area (Å²) < 4.78 is 34.1. The molecule has 3 amide bonds. The maximum absolute atomic E-state index is 12.9. The van der Waals surface area contributed by atoms with Crippen LogP contribution >= 0.6 is 0 Å². The molecule has 2 N–H and O–H groups in total. The van der Waals surface area contributed by atoms with E-state index in [1.54, 1.807) is 0 Å². The van der Waals surface area contributed by atoms with Gasteiger partial charge in [-0.15, -0.1) is 0 Å². The van der Waals surface area contributed by atoms with E-state index in [4.69, 9.17) is 4.74 Å². The third-order valence-corrected chi connectivity index (χ3v) is 4.90. The predicted molar refractivity (Wildman–Crippen MR) is 93.9 cm³/mol. The Balaban J connectivity index is 1.66. The molecule has 2 atom stereocenters. The van der Waals surface area contributed by atoms with Gasteiger partial charge in [0, 0.05) is 19.6 Å². The van der Waals surface area contributed by atoms with E-state index < -0.39 is 30.2 Å². The number of β-amino-alcohol motifs (C(OH)–C–C–N with tert-alkyl or cyclic N) is 1. The lowest BCUT2D eigenvalue weighted by Crippen LogP contribution is -2.46. The SMILES string of the molecule is C[C@]1(c2ccc(OC(F)F)cc2)NC(=O)N(C[C@H](O)CN2CCOCC2)C1=O. The van der Waals surface area contributed by atoms with Gasteiger partial charge < -0.3 is 19.9 Å². The van der Waals surface area contributed by atoms with E-state index in [2.05, 4.69) is 10.1 Å². The Hall–Kier alpha value is -2.30. The molecule has 28 heavy (non-hydrogen) atoms. The van der Waals surface area contributed by atoms with Gasteiger partial charge in [0.15, 0.2) is 0 Å². The lowest BCUT2D eigenvalue weighted by Gasteiger charge is -2.29. The molecule has 0 saturated carbocycles. The first kappa shape index (κ1) is 20.4. The molecule has 8 nitrogen and oxygen atoms in total. The first-order chi connectivity index (χ1) is 13.3. The number of hydrogen-bond acceptors (Lipinski definition) is 6. The number of ether oxygens (including phenoxy) is 2. The monoisotopic (exact) mass is 399 g/mol. The number of carbonyl (C=O) groups is 2. The first-order valence-electron chi connectivity index (χ1n) is 8.97. The van der Waals surface area contributed by atoms with Crippen molar-refractivity contribution in [2.24, 2.45) is 0 Å². The molecule has 0 spiro atoms. The van der Waals surface area contributed by atoms with Crippen molar-refractivity contribution >= 4 is 11.9 Å². The maximum Gasteiger partial charge on any atom is 0.387 e. The number of halogens is 2. The molecule has 2 heterocycles. The van der Waals surface area contributed by atoms with E-state index in [-0.39, 0.29) is 12.3 Å². The van der Waals surface area contributed by atoms with Gasteiger partial charge in [0.05, 0.1) is 25.9 Å². The average molecular weight is 399 g/mol. The van der Waals surface area contributed by atoms with Crippen LogP contribution in [-0.2, 0) is 15.1 Å². The highest BCUT2D eigenvalue weighted by molar-refractivity contribution is 6.07. The van der Waals surface area contributed by atoms with Gasteiger partial charge in [-0.25, -0.2) is 4.79 Å². The van der Waals surface area contributed by atoms with Gasteiger partial charge in [-0.2, -0.15) is 8.78 Å². The molecule has 0 aromatic heterocycles. The normalized spacial score (nSPS) is 24.5. The van der Waals surface area contributed by atoms with E-state index in [9.17, 15) is 23.5 Å². The molecular weight excluding hydrogens is 376 g/mol. The second-order valence-electron chi connectivity index (χ2n) is 6.94. The Kier molecular flexibility index (Phi) is 6.11. The highest BCUT2D eigenvalue weighted by Gasteiger charge is 2.49. The summed E-state index contributed by atoms with van der Waals surface area (Å²) in [5.74, 6) is -0.557. The van der Waals surface area contributed by atoms with Crippen LogP contribution in [0.3, 0.4) is 0 Å². The Morgan fingerprint density at radius 3 is 2.46 bits per heavy atom. The highest BCUT2D eigenvalue weighted by Crippen LogP contribution is 2.30. The molecule has 0 unspecified atom stereocenters. The average Bonchev–Trinajstić information content (AvgIpc) is 2.86. The van der Waals surface area contributed by atoms with Crippen LogP contribution in [0.5, 0.6) is 5.75 Å². The van der Waals surface area contributed by atoms with Crippen molar-refractivity contribution in [3.63, 3.8) is 0 Å². The Morgan fingerprint density at radius 2 is 1.86 bits per heavy atom. The fourth-order valence-electron chi connectivity index (χ4n) is 3.38. The smallest absolute Gasteiger partial charge is 0.387 e. The number of morpholine rings is 1. The number of aliphatic hydroxyl groups excluding tert-OH is 1. The molecule has 0 radical (unpaired) electrons. The fourth-order valence-corrected chi connectivity index (χ4v) is 3.38. The highest BCUT2D eigenvalue weighted by atomic mass is 19.3. The number of aliphatic hydroxyl groups is 1. The minimum absolute atomic E-state index is 0.0445. The topological polar surface area (TPSA) is 91.3 Å². The third-order valence-electron chi connectivity index (χ3n) is 4.90. The predicted octanol–water partition coefficient (Wildman–Crippen LogP) is 0.748. The van der Waals surface area contributed by atoms with Crippen molar-refractivity contribution in [3.8, 4) is 5.75 Å². The second kappa shape index (κ2) is 8.38. The van der Waals surface area contributed by atoms with Crippen molar-refractivity contribution in [1.29, 1.82) is 0 Å². The molecule has 2 fully saturated rings. The lowest BCUT2D eigenvalue weighted by atomic mass is 9.92. The Morgan fingerprint density at radius 1 is 1.21 bits per heavy atom. The number of carbonyl (C=O) groups excluding carboxylic acids is 2. The summed E-state index contributed by atoms with van der Waals surface area (Å²) in [5, 5.41) is 12.9. The largest absolute Gasteiger partial charge is 0.435 e. The quantitative estimate of drug-likeness (QED) is 0.658. The summed E-state index contributed by atoms with van der Waals surface area (Å²) in [6.07, 6.45) is -0.892. The summed E-state index contributed by atoms with van der Waals surface area (Å²) in [6.45, 7) is 1.31.